The Morgan fingerprint density at radius 1 is 1.26 bits per heavy atom. The maximum atomic E-state index is 14.2. The summed E-state index contributed by atoms with van der Waals surface area (Å²) in [6.07, 6.45) is 7.11. The summed E-state index contributed by atoms with van der Waals surface area (Å²) in [5.41, 5.74) is 1.35. The maximum Gasteiger partial charge on any atom is 0.261 e. The molecular formula is C27H30FN5O4S. The van der Waals surface area contributed by atoms with Crippen LogP contribution in [-0.4, -0.2) is 66.0 Å². The summed E-state index contributed by atoms with van der Waals surface area (Å²) < 4.78 is 31.3. The average Bonchev–Trinajstić information content (AvgIpc) is 3.69. The molecule has 3 aliphatic rings. The van der Waals surface area contributed by atoms with Crippen LogP contribution in [-0.2, 0) is 9.47 Å². The van der Waals surface area contributed by atoms with Crippen LogP contribution in [0.25, 0.3) is 10.2 Å². The molecule has 2 aliphatic heterocycles. The maximum absolute atomic E-state index is 14.2. The van der Waals surface area contributed by atoms with Crippen LogP contribution < -0.4 is 15.4 Å². The Kier molecular flexibility index (Phi) is 7.24. The summed E-state index contributed by atoms with van der Waals surface area (Å²) in [7, 11) is 0. The van der Waals surface area contributed by atoms with Gasteiger partial charge < -0.3 is 29.7 Å². The van der Waals surface area contributed by atoms with Crippen molar-refractivity contribution in [1.82, 2.24) is 20.2 Å². The van der Waals surface area contributed by atoms with E-state index in [0.717, 1.165) is 37.0 Å². The minimum Gasteiger partial charge on any atom is -0.460 e. The molecule has 0 radical (unpaired) electrons. The Balaban J connectivity index is 1.19. The molecule has 11 heteroatoms. The first-order valence-electron chi connectivity index (χ1n) is 13.0. The third-order valence-electron chi connectivity index (χ3n) is 7.17. The Morgan fingerprint density at radius 3 is 2.97 bits per heavy atom. The van der Waals surface area contributed by atoms with E-state index in [1.54, 1.807) is 6.07 Å². The summed E-state index contributed by atoms with van der Waals surface area (Å²) in [5, 5.41) is 7.09. The number of likely N-dealkylation sites (tertiary alicyclic amines) is 1. The van der Waals surface area contributed by atoms with Gasteiger partial charge in [-0.2, -0.15) is 0 Å². The number of halogens is 1. The first-order valence-corrected chi connectivity index (χ1v) is 13.8. The molecule has 4 heterocycles. The monoisotopic (exact) mass is 539 g/mol. The van der Waals surface area contributed by atoms with Crippen molar-refractivity contribution >= 4 is 39.0 Å². The van der Waals surface area contributed by atoms with Crippen LogP contribution in [0.5, 0.6) is 5.75 Å². The molecule has 3 aromatic rings. The third-order valence-corrected chi connectivity index (χ3v) is 8.37. The molecule has 1 aliphatic carbocycles. The van der Waals surface area contributed by atoms with Crippen LogP contribution in [0.15, 0.2) is 36.4 Å². The van der Waals surface area contributed by atoms with Crippen molar-refractivity contribution in [2.24, 2.45) is 0 Å². The van der Waals surface area contributed by atoms with Gasteiger partial charge in [0.05, 0.1) is 22.1 Å². The van der Waals surface area contributed by atoms with Crippen molar-refractivity contribution in [1.29, 1.82) is 0 Å². The minimum absolute atomic E-state index is 0.0744. The molecular weight excluding hydrogens is 509 g/mol. The molecule has 9 nitrogen and oxygen atoms in total. The number of anilines is 2. The predicted octanol–water partition coefficient (Wildman–Crippen LogP) is 4.51. The largest absolute Gasteiger partial charge is 0.460 e. The summed E-state index contributed by atoms with van der Waals surface area (Å²) in [6.45, 7) is 6.11. The topological polar surface area (TPSA) is 97.8 Å². The van der Waals surface area contributed by atoms with Gasteiger partial charge in [-0.15, -0.1) is 11.3 Å². The van der Waals surface area contributed by atoms with Gasteiger partial charge in [0.1, 0.15) is 41.4 Å². The van der Waals surface area contributed by atoms with Gasteiger partial charge in [0.25, 0.3) is 5.91 Å². The fourth-order valence-electron chi connectivity index (χ4n) is 5.19. The molecule has 1 aromatic carbocycles. The second-order valence-electron chi connectivity index (χ2n) is 9.78. The van der Waals surface area contributed by atoms with Crippen LogP contribution in [0.2, 0.25) is 0 Å². The standard InChI is InChI=1S/C27H30FN5O4S/c1-16-23-25(30-14-31-27(23)38-24(16)26(34)29-7-4-10-33-8-2-3-9-33)32-19-6-5-17(28)11-20(19)37-18-12-21-22(13-18)36-15-35-21/h5-6,11-12,14,21-22H,2-4,7-10,13,15H2,1H3,(H,29,34)(H,30,31,32). The third kappa shape index (κ3) is 5.24. The number of nitrogens with one attached hydrogen (secondary N) is 2. The molecule has 2 N–H and O–H groups in total. The summed E-state index contributed by atoms with van der Waals surface area (Å²) in [6, 6.07) is 4.30. The summed E-state index contributed by atoms with van der Waals surface area (Å²) >= 11 is 1.34. The lowest BCUT2D eigenvalue weighted by molar-refractivity contribution is 0.0385. The molecule has 2 unspecified atom stereocenters. The summed E-state index contributed by atoms with van der Waals surface area (Å²) in [4.78, 5) is 25.6. The molecule has 0 bridgehead atoms. The highest BCUT2D eigenvalue weighted by Gasteiger charge is 2.35. The van der Waals surface area contributed by atoms with E-state index in [1.807, 2.05) is 13.0 Å². The molecule has 2 aromatic heterocycles. The molecule has 2 atom stereocenters. The van der Waals surface area contributed by atoms with Crippen LogP contribution in [0.1, 0.15) is 40.9 Å². The Bertz CT molecular complexity index is 1370. The number of thiophene rings is 1. The normalized spacial score (nSPS) is 21.1. The van der Waals surface area contributed by atoms with Crippen LogP contribution in [0.4, 0.5) is 15.9 Å². The number of carbonyl (C=O) groups excluding carboxylic acids is 1. The van der Waals surface area contributed by atoms with Gasteiger partial charge in [-0.25, -0.2) is 14.4 Å². The zero-order chi connectivity index (χ0) is 26.1. The number of ether oxygens (including phenoxy) is 3. The molecule has 0 saturated carbocycles. The van der Waals surface area contributed by atoms with E-state index in [1.165, 1.54) is 42.6 Å². The first-order chi connectivity index (χ1) is 18.5. The number of hydrogen-bond acceptors (Lipinski definition) is 9. The number of aromatic nitrogens is 2. The van der Waals surface area contributed by atoms with Gasteiger partial charge in [0.15, 0.2) is 5.75 Å². The fourth-order valence-corrected chi connectivity index (χ4v) is 6.25. The van der Waals surface area contributed by atoms with E-state index < -0.39 is 5.82 Å². The SMILES string of the molecule is Cc1c(C(=O)NCCCN2CCCC2)sc2ncnc(Nc3ccc(F)cc3OC3=CC4OCOC4C3)c12. The number of rotatable bonds is 9. The Morgan fingerprint density at radius 2 is 2.13 bits per heavy atom. The number of aryl methyl sites for hydroxylation is 1. The molecule has 200 valence electrons. The van der Waals surface area contributed by atoms with Crippen molar-refractivity contribution in [2.45, 2.75) is 44.8 Å². The number of amides is 1. The quantitative estimate of drug-likeness (QED) is 0.384. The number of carbonyl (C=O) groups is 1. The lowest BCUT2D eigenvalue weighted by Gasteiger charge is -2.15. The molecule has 0 spiro atoms. The van der Waals surface area contributed by atoms with E-state index in [9.17, 15) is 9.18 Å². The van der Waals surface area contributed by atoms with Gasteiger partial charge in [-0.3, -0.25) is 4.79 Å². The van der Waals surface area contributed by atoms with Gasteiger partial charge in [0, 0.05) is 19.0 Å². The van der Waals surface area contributed by atoms with Gasteiger partial charge in [-0.1, -0.05) is 0 Å². The molecule has 2 fully saturated rings. The Labute approximate surface area is 224 Å². The predicted molar refractivity (Wildman–Crippen MR) is 142 cm³/mol. The highest BCUT2D eigenvalue weighted by molar-refractivity contribution is 7.20. The van der Waals surface area contributed by atoms with Crippen LogP contribution in [0.3, 0.4) is 0 Å². The highest BCUT2D eigenvalue weighted by atomic mass is 32.1. The first kappa shape index (κ1) is 25.2. The second-order valence-corrected chi connectivity index (χ2v) is 10.8. The minimum atomic E-state index is -0.417. The number of hydrogen-bond donors (Lipinski definition) is 2. The van der Waals surface area contributed by atoms with Crippen molar-refractivity contribution < 1.29 is 23.4 Å². The zero-order valence-corrected chi connectivity index (χ0v) is 22.0. The molecule has 38 heavy (non-hydrogen) atoms. The Hall–Kier alpha value is -3.12. The lowest BCUT2D eigenvalue weighted by Crippen LogP contribution is -2.28. The van der Waals surface area contributed by atoms with Crippen LogP contribution >= 0.6 is 11.3 Å². The van der Waals surface area contributed by atoms with Crippen molar-refractivity contribution in [2.75, 3.05) is 38.3 Å². The number of benzene rings is 1. The van der Waals surface area contributed by atoms with E-state index >= 15 is 0 Å². The molecule has 2 saturated heterocycles. The number of fused-ring (bicyclic) bond motifs is 2. The van der Waals surface area contributed by atoms with Gasteiger partial charge in [-0.05, 0) is 69.6 Å². The fraction of sp³-hybridized carbons (Fsp3) is 0.444. The summed E-state index contributed by atoms with van der Waals surface area (Å²) in [5.74, 6) is 0.993. The van der Waals surface area contributed by atoms with Crippen molar-refractivity contribution in [3.8, 4) is 5.75 Å². The molecule has 6 rings (SSSR count). The second kappa shape index (κ2) is 10.9. The lowest BCUT2D eigenvalue weighted by atomic mass is 10.2. The number of nitrogens with zero attached hydrogens (tertiary/aromatic N) is 3. The van der Waals surface area contributed by atoms with Gasteiger partial charge in [0.2, 0.25) is 0 Å². The van der Waals surface area contributed by atoms with Crippen molar-refractivity contribution in [3.05, 3.63) is 52.6 Å². The van der Waals surface area contributed by atoms with E-state index in [-0.39, 0.29) is 24.9 Å². The van der Waals surface area contributed by atoms with E-state index in [2.05, 4.69) is 25.5 Å². The van der Waals surface area contributed by atoms with Crippen molar-refractivity contribution in [3.63, 3.8) is 0 Å². The van der Waals surface area contributed by atoms with E-state index in [0.29, 0.717) is 45.7 Å². The highest BCUT2D eigenvalue weighted by Crippen LogP contribution is 2.38. The van der Waals surface area contributed by atoms with Crippen LogP contribution in [0, 0.1) is 12.7 Å². The van der Waals surface area contributed by atoms with E-state index in [4.69, 9.17) is 14.2 Å². The van der Waals surface area contributed by atoms with Gasteiger partial charge >= 0.3 is 0 Å². The smallest absolute Gasteiger partial charge is 0.261 e. The molecule has 1 amide bonds. The zero-order valence-electron chi connectivity index (χ0n) is 21.2. The average molecular weight is 540 g/mol.